The summed E-state index contributed by atoms with van der Waals surface area (Å²) in [5.74, 6) is -1.11. The van der Waals surface area contributed by atoms with Crippen LogP contribution in [0, 0.1) is 6.92 Å². The topological polar surface area (TPSA) is 76.2 Å². The molecule has 5 heteroatoms. The Balaban J connectivity index is 2.84. The van der Waals surface area contributed by atoms with Gasteiger partial charge in [-0.1, -0.05) is 5.16 Å². The van der Waals surface area contributed by atoms with Crippen LogP contribution >= 0.6 is 0 Å². The smallest absolute Gasteiger partial charge is 0.358 e. The zero-order valence-electron chi connectivity index (χ0n) is 6.81. The summed E-state index contributed by atoms with van der Waals surface area (Å²) >= 11 is 0. The van der Waals surface area contributed by atoms with Crippen molar-refractivity contribution in [2.75, 3.05) is 0 Å². The zero-order chi connectivity index (χ0) is 9.42. The molecule has 0 radical (unpaired) electrons. The lowest BCUT2D eigenvalue weighted by atomic mass is 10.2. The van der Waals surface area contributed by atoms with Gasteiger partial charge in [0.2, 0.25) is 0 Å². The molecule has 13 heavy (non-hydrogen) atoms. The highest BCUT2D eigenvalue weighted by Gasteiger charge is 2.15. The number of aromatic carboxylic acids is 1. The summed E-state index contributed by atoms with van der Waals surface area (Å²) in [7, 11) is 0. The Labute approximate surface area is 73.0 Å². The number of nitrogens with zero attached hydrogens (tertiary/aromatic N) is 2. The van der Waals surface area contributed by atoms with Crippen LogP contribution in [0.15, 0.2) is 16.8 Å². The first-order valence-electron chi connectivity index (χ1n) is 3.64. The standard InChI is InChI=1S/C8H6N2O3/c1-4-5-2-3-9-6(8(11)12)7(5)13-10-4/h2-3H,1H3,(H,11,12). The molecule has 0 saturated carbocycles. The van der Waals surface area contributed by atoms with Crippen molar-refractivity contribution >= 4 is 16.9 Å². The molecule has 0 fully saturated rings. The minimum Gasteiger partial charge on any atom is -0.476 e. The van der Waals surface area contributed by atoms with Crippen molar-refractivity contribution in [2.24, 2.45) is 0 Å². The van der Waals surface area contributed by atoms with Crippen molar-refractivity contribution in [3.8, 4) is 0 Å². The molecule has 2 aromatic heterocycles. The van der Waals surface area contributed by atoms with Gasteiger partial charge in [-0.15, -0.1) is 0 Å². The molecule has 0 aromatic carbocycles. The number of carboxylic acids is 1. The van der Waals surface area contributed by atoms with Crippen molar-refractivity contribution in [3.63, 3.8) is 0 Å². The van der Waals surface area contributed by atoms with E-state index < -0.39 is 5.97 Å². The summed E-state index contributed by atoms with van der Waals surface area (Å²) in [6.45, 7) is 1.75. The molecule has 0 aliphatic rings. The second-order valence-corrected chi connectivity index (χ2v) is 2.61. The Morgan fingerprint density at radius 2 is 2.38 bits per heavy atom. The van der Waals surface area contributed by atoms with Gasteiger partial charge in [0.25, 0.3) is 0 Å². The van der Waals surface area contributed by atoms with Crippen molar-refractivity contribution < 1.29 is 14.4 Å². The van der Waals surface area contributed by atoms with E-state index in [-0.39, 0.29) is 11.3 Å². The fourth-order valence-electron chi connectivity index (χ4n) is 1.14. The summed E-state index contributed by atoms with van der Waals surface area (Å²) in [6.07, 6.45) is 1.43. The summed E-state index contributed by atoms with van der Waals surface area (Å²) in [5, 5.41) is 13.1. The van der Waals surface area contributed by atoms with Gasteiger partial charge < -0.3 is 9.63 Å². The van der Waals surface area contributed by atoms with Crippen LogP contribution in [0.5, 0.6) is 0 Å². The van der Waals surface area contributed by atoms with E-state index in [4.69, 9.17) is 9.63 Å². The van der Waals surface area contributed by atoms with E-state index in [0.717, 1.165) is 0 Å². The summed E-state index contributed by atoms with van der Waals surface area (Å²) in [5.41, 5.74) is 0.797. The van der Waals surface area contributed by atoms with Crippen LogP contribution in [-0.2, 0) is 0 Å². The average molecular weight is 178 g/mol. The molecule has 0 unspecified atom stereocenters. The van der Waals surface area contributed by atoms with Gasteiger partial charge in [-0.3, -0.25) is 0 Å². The number of fused-ring (bicyclic) bond motifs is 1. The van der Waals surface area contributed by atoms with E-state index in [1.807, 2.05) is 0 Å². The minimum atomic E-state index is -1.11. The molecule has 66 valence electrons. The Morgan fingerprint density at radius 3 is 3.08 bits per heavy atom. The Morgan fingerprint density at radius 1 is 1.62 bits per heavy atom. The van der Waals surface area contributed by atoms with Gasteiger partial charge in [0.1, 0.15) is 0 Å². The highest BCUT2D eigenvalue weighted by Crippen LogP contribution is 2.19. The summed E-state index contributed by atoms with van der Waals surface area (Å²) in [4.78, 5) is 14.4. The van der Waals surface area contributed by atoms with Crippen LogP contribution in [0.4, 0.5) is 0 Å². The number of carbonyl (C=O) groups is 1. The van der Waals surface area contributed by atoms with E-state index in [2.05, 4.69) is 10.1 Å². The lowest BCUT2D eigenvalue weighted by Crippen LogP contribution is -1.99. The lowest BCUT2D eigenvalue weighted by molar-refractivity contribution is 0.0691. The Bertz CT molecular complexity index is 475. The molecule has 0 atom stereocenters. The fourth-order valence-corrected chi connectivity index (χ4v) is 1.14. The third kappa shape index (κ3) is 1.05. The Kier molecular flexibility index (Phi) is 1.51. The van der Waals surface area contributed by atoms with Crippen molar-refractivity contribution in [2.45, 2.75) is 6.92 Å². The normalized spacial score (nSPS) is 10.5. The van der Waals surface area contributed by atoms with E-state index in [9.17, 15) is 4.79 Å². The predicted molar refractivity (Wildman–Crippen MR) is 43.5 cm³/mol. The highest BCUT2D eigenvalue weighted by molar-refractivity contribution is 5.99. The molecule has 1 N–H and O–H groups in total. The van der Waals surface area contributed by atoms with Crippen LogP contribution in [0.3, 0.4) is 0 Å². The van der Waals surface area contributed by atoms with E-state index in [1.165, 1.54) is 6.20 Å². The summed E-state index contributed by atoms with van der Waals surface area (Å²) in [6, 6.07) is 1.67. The molecule has 2 heterocycles. The SMILES string of the molecule is Cc1noc2c(C(=O)O)nccc12. The fraction of sp³-hybridized carbons (Fsp3) is 0.125. The van der Waals surface area contributed by atoms with Gasteiger partial charge >= 0.3 is 5.97 Å². The van der Waals surface area contributed by atoms with Gasteiger partial charge in [0, 0.05) is 11.6 Å². The minimum absolute atomic E-state index is 0.0990. The second-order valence-electron chi connectivity index (χ2n) is 2.61. The third-order valence-corrected chi connectivity index (χ3v) is 1.77. The van der Waals surface area contributed by atoms with Crippen LogP contribution in [-0.4, -0.2) is 21.2 Å². The molecule has 0 bridgehead atoms. The molecule has 0 aliphatic carbocycles. The van der Waals surface area contributed by atoms with Gasteiger partial charge in [-0.2, -0.15) is 0 Å². The number of aryl methyl sites for hydroxylation is 1. The second kappa shape index (κ2) is 2.55. The summed E-state index contributed by atoms with van der Waals surface area (Å²) < 4.78 is 4.85. The molecule has 0 spiro atoms. The molecule has 0 amide bonds. The molecular formula is C8H6N2O3. The predicted octanol–water partition coefficient (Wildman–Crippen LogP) is 1.23. The van der Waals surface area contributed by atoms with Crippen LogP contribution < -0.4 is 0 Å². The molecule has 5 nitrogen and oxygen atoms in total. The number of hydrogen-bond donors (Lipinski definition) is 1. The number of pyridine rings is 1. The first-order valence-corrected chi connectivity index (χ1v) is 3.64. The quantitative estimate of drug-likeness (QED) is 0.710. The monoisotopic (exact) mass is 178 g/mol. The molecule has 2 aromatic rings. The first kappa shape index (κ1) is 7.72. The molecule has 0 aliphatic heterocycles. The van der Waals surface area contributed by atoms with E-state index in [1.54, 1.807) is 13.0 Å². The molecule has 2 rings (SSSR count). The van der Waals surface area contributed by atoms with Crippen molar-refractivity contribution in [1.29, 1.82) is 0 Å². The molecular weight excluding hydrogens is 172 g/mol. The maximum atomic E-state index is 10.7. The lowest BCUT2D eigenvalue weighted by Gasteiger charge is -1.91. The molecule has 0 saturated heterocycles. The largest absolute Gasteiger partial charge is 0.476 e. The highest BCUT2D eigenvalue weighted by atomic mass is 16.5. The Hall–Kier alpha value is -1.91. The number of hydrogen-bond acceptors (Lipinski definition) is 4. The van der Waals surface area contributed by atoms with Crippen molar-refractivity contribution in [3.05, 3.63) is 23.7 Å². The van der Waals surface area contributed by atoms with Crippen LogP contribution in [0.25, 0.3) is 11.0 Å². The number of carboxylic acid groups (broad SMARTS) is 1. The van der Waals surface area contributed by atoms with Gasteiger partial charge in [-0.25, -0.2) is 9.78 Å². The average Bonchev–Trinajstić information content (AvgIpc) is 2.48. The van der Waals surface area contributed by atoms with Crippen LogP contribution in [0.1, 0.15) is 16.2 Å². The van der Waals surface area contributed by atoms with Gasteiger partial charge in [0.05, 0.1) is 5.69 Å². The zero-order valence-corrected chi connectivity index (χ0v) is 6.81. The van der Waals surface area contributed by atoms with E-state index in [0.29, 0.717) is 11.1 Å². The van der Waals surface area contributed by atoms with Crippen molar-refractivity contribution in [1.82, 2.24) is 10.1 Å². The van der Waals surface area contributed by atoms with Gasteiger partial charge in [-0.05, 0) is 13.0 Å². The van der Waals surface area contributed by atoms with Crippen LogP contribution in [0.2, 0.25) is 0 Å². The number of rotatable bonds is 1. The third-order valence-electron chi connectivity index (χ3n) is 1.77. The maximum absolute atomic E-state index is 10.7. The number of aromatic nitrogens is 2. The van der Waals surface area contributed by atoms with Gasteiger partial charge in [0.15, 0.2) is 11.3 Å². The maximum Gasteiger partial charge on any atom is 0.358 e. The first-order chi connectivity index (χ1) is 6.20. The van der Waals surface area contributed by atoms with E-state index >= 15 is 0 Å².